The zero-order valence-electron chi connectivity index (χ0n) is 13.3. The van der Waals surface area contributed by atoms with Crippen LogP contribution in [0.3, 0.4) is 0 Å². The van der Waals surface area contributed by atoms with E-state index in [0.29, 0.717) is 0 Å². The van der Waals surface area contributed by atoms with E-state index < -0.39 is 0 Å². The lowest BCUT2D eigenvalue weighted by Crippen LogP contribution is -2.29. The van der Waals surface area contributed by atoms with Crippen LogP contribution in [0.2, 0.25) is 0 Å². The number of nitrogens with zero attached hydrogens (tertiary/aromatic N) is 1. The highest BCUT2D eigenvalue weighted by atomic mass is 79.9. The van der Waals surface area contributed by atoms with Crippen LogP contribution in [-0.4, -0.2) is 13.1 Å². The topological polar surface area (TPSA) is 3.24 Å². The van der Waals surface area contributed by atoms with Gasteiger partial charge in [0.25, 0.3) is 0 Å². The van der Waals surface area contributed by atoms with Gasteiger partial charge in [0, 0.05) is 22.9 Å². The van der Waals surface area contributed by atoms with Crippen LogP contribution in [-0.2, 0) is 0 Å². The first-order valence-corrected chi connectivity index (χ1v) is 8.65. The molecule has 1 aliphatic heterocycles. The minimum atomic E-state index is 0. The molecule has 1 heterocycles. The number of rotatable bonds is 3. The Morgan fingerprint density at radius 1 is 0.864 bits per heavy atom. The maximum atomic E-state index is 2.55. The van der Waals surface area contributed by atoms with E-state index >= 15 is 0 Å². The molecule has 1 aliphatic rings. The summed E-state index contributed by atoms with van der Waals surface area (Å²) >= 11 is 1.90. The molecule has 3 heteroatoms. The van der Waals surface area contributed by atoms with Crippen molar-refractivity contribution in [3.63, 3.8) is 0 Å². The Balaban J connectivity index is 0.00000176. The molecule has 118 valence electrons. The van der Waals surface area contributed by atoms with E-state index in [2.05, 4.69) is 61.2 Å². The summed E-state index contributed by atoms with van der Waals surface area (Å²) in [6.07, 6.45) is 4.02. The molecule has 3 rings (SSSR count). The number of hydrogen-bond donors (Lipinski definition) is 0. The summed E-state index contributed by atoms with van der Waals surface area (Å²) in [6, 6.07) is 15.6. The molecule has 0 spiro atoms. The Hall–Kier alpha value is -0.930. The summed E-state index contributed by atoms with van der Waals surface area (Å²) in [5.74, 6) is 0. The number of para-hydroxylation sites is 1. The molecule has 0 radical (unpaired) electrons. The van der Waals surface area contributed by atoms with E-state index in [1.165, 1.54) is 59.0 Å². The average molecular weight is 378 g/mol. The highest BCUT2D eigenvalue weighted by Gasteiger charge is 2.15. The molecule has 0 aromatic heterocycles. The second kappa shape index (κ2) is 8.07. The van der Waals surface area contributed by atoms with Crippen molar-refractivity contribution in [3.8, 4) is 0 Å². The van der Waals surface area contributed by atoms with E-state index in [1.807, 2.05) is 11.8 Å². The first kappa shape index (κ1) is 17.4. The van der Waals surface area contributed by atoms with Crippen molar-refractivity contribution in [1.82, 2.24) is 0 Å². The summed E-state index contributed by atoms with van der Waals surface area (Å²) < 4.78 is 0. The monoisotopic (exact) mass is 377 g/mol. The Morgan fingerprint density at radius 3 is 2.32 bits per heavy atom. The summed E-state index contributed by atoms with van der Waals surface area (Å²) in [5.41, 5.74) is 4.11. The van der Waals surface area contributed by atoms with Crippen LogP contribution < -0.4 is 4.90 Å². The van der Waals surface area contributed by atoms with Crippen LogP contribution in [0.5, 0.6) is 0 Å². The zero-order chi connectivity index (χ0) is 14.7. The van der Waals surface area contributed by atoms with Gasteiger partial charge in [-0.2, -0.15) is 0 Å². The number of aryl methyl sites for hydroxylation is 2. The molecule has 1 nitrogen and oxygen atoms in total. The van der Waals surface area contributed by atoms with E-state index in [9.17, 15) is 0 Å². The third kappa shape index (κ3) is 4.08. The second-order valence-electron chi connectivity index (χ2n) is 5.89. The molecule has 2 aromatic carbocycles. The van der Waals surface area contributed by atoms with Gasteiger partial charge in [-0.15, -0.1) is 17.0 Å². The van der Waals surface area contributed by atoms with Gasteiger partial charge >= 0.3 is 0 Å². The van der Waals surface area contributed by atoms with Crippen molar-refractivity contribution < 1.29 is 0 Å². The minimum absolute atomic E-state index is 0. The average Bonchev–Trinajstić information content (AvgIpc) is 2.51. The van der Waals surface area contributed by atoms with E-state index in [0.717, 1.165) is 0 Å². The molecule has 22 heavy (non-hydrogen) atoms. The van der Waals surface area contributed by atoms with Crippen molar-refractivity contribution >= 4 is 34.4 Å². The first-order valence-electron chi connectivity index (χ1n) is 7.83. The van der Waals surface area contributed by atoms with Gasteiger partial charge < -0.3 is 4.90 Å². The molecule has 1 fully saturated rings. The molecule has 0 saturated carbocycles. The molecule has 0 atom stereocenters. The van der Waals surface area contributed by atoms with Crippen molar-refractivity contribution in [1.29, 1.82) is 0 Å². The van der Waals surface area contributed by atoms with Gasteiger partial charge in [-0.3, -0.25) is 0 Å². The summed E-state index contributed by atoms with van der Waals surface area (Å²) in [6.45, 7) is 6.76. The fraction of sp³-hybridized carbons (Fsp3) is 0.368. The number of anilines is 1. The molecule has 0 unspecified atom stereocenters. The largest absolute Gasteiger partial charge is 0.371 e. The van der Waals surface area contributed by atoms with Gasteiger partial charge in [-0.05, 0) is 56.9 Å². The molecular weight excluding hydrogens is 354 g/mol. The lowest BCUT2D eigenvalue weighted by atomic mass is 10.1. The third-order valence-electron chi connectivity index (χ3n) is 4.11. The molecule has 1 saturated heterocycles. The lowest BCUT2D eigenvalue weighted by Gasteiger charge is -2.30. The maximum Gasteiger partial charge on any atom is 0.0508 e. The van der Waals surface area contributed by atoms with E-state index in [1.54, 1.807) is 0 Å². The van der Waals surface area contributed by atoms with Crippen LogP contribution in [0.15, 0.2) is 52.3 Å². The second-order valence-corrected chi connectivity index (χ2v) is 6.97. The smallest absolute Gasteiger partial charge is 0.0508 e. The molecule has 0 aliphatic carbocycles. The van der Waals surface area contributed by atoms with Gasteiger partial charge in [-0.25, -0.2) is 0 Å². The summed E-state index contributed by atoms with van der Waals surface area (Å²) in [7, 11) is 0. The standard InChI is InChI=1S/C19H23NS.BrH/c1-15-10-11-18(16(2)14-15)21-19-9-5-4-8-17(19)20-12-6-3-7-13-20;/h4-5,8-11,14H,3,6-7,12-13H2,1-2H3;1H. The van der Waals surface area contributed by atoms with Crippen molar-refractivity contribution in [2.75, 3.05) is 18.0 Å². The van der Waals surface area contributed by atoms with Crippen LogP contribution in [0, 0.1) is 13.8 Å². The fourth-order valence-electron chi connectivity index (χ4n) is 2.97. The molecule has 0 bridgehead atoms. The number of benzene rings is 2. The Labute approximate surface area is 148 Å². The van der Waals surface area contributed by atoms with Crippen molar-refractivity contribution in [2.45, 2.75) is 42.9 Å². The molecular formula is C19H24BrNS. The fourth-order valence-corrected chi connectivity index (χ4v) is 4.01. The van der Waals surface area contributed by atoms with E-state index in [4.69, 9.17) is 0 Å². The summed E-state index contributed by atoms with van der Waals surface area (Å²) in [4.78, 5) is 5.30. The number of halogens is 1. The van der Waals surface area contributed by atoms with Crippen LogP contribution >= 0.6 is 28.7 Å². The van der Waals surface area contributed by atoms with Gasteiger partial charge in [0.05, 0.1) is 5.69 Å². The zero-order valence-corrected chi connectivity index (χ0v) is 15.9. The Bertz CT molecular complexity index is 621. The van der Waals surface area contributed by atoms with E-state index in [-0.39, 0.29) is 17.0 Å². The van der Waals surface area contributed by atoms with Gasteiger partial charge in [-0.1, -0.05) is 41.6 Å². The van der Waals surface area contributed by atoms with Crippen molar-refractivity contribution in [3.05, 3.63) is 53.6 Å². The van der Waals surface area contributed by atoms with Crippen LogP contribution in [0.1, 0.15) is 30.4 Å². The highest BCUT2D eigenvalue weighted by molar-refractivity contribution is 8.93. The van der Waals surface area contributed by atoms with Crippen molar-refractivity contribution in [2.24, 2.45) is 0 Å². The normalized spacial score (nSPS) is 14.5. The number of hydrogen-bond acceptors (Lipinski definition) is 2. The maximum absolute atomic E-state index is 2.55. The quantitative estimate of drug-likeness (QED) is 0.642. The molecule has 2 aromatic rings. The van der Waals surface area contributed by atoms with Gasteiger partial charge in [0.15, 0.2) is 0 Å². The predicted molar refractivity (Wildman–Crippen MR) is 103 cm³/mol. The minimum Gasteiger partial charge on any atom is -0.371 e. The van der Waals surface area contributed by atoms with Gasteiger partial charge in [0.1, 0.15) is 0 Å². The van der Waals surface area contributed by atoms with Crippen LogP contribution in [0.4, 0.5) is 5.69 Å². The predicted octanol–water partition coefficient (Wildman–Crippen LogP) is 6.02. The number of piperidine rings is 1. The summed E-state index contributed by atoms with van der Waals surface area (Å²) in [5, 5.41) is 0. The first-order chi connectivity index (χ1) is 10.2. The van der Waals surface area contributed by atoms with Crippen LogP contribution in [0.25, 0.3) is 0 Å². The Morgan fingerprint density at radius 2 is 1.59 bits per heavy atom. The molecule has 0 amide bonds. The molecule has 0 N–H and O–H groups in total. The third-order valence-corrected chi connectivity index (χ3v) is 5.36. The highest BCUT2D eigenvalue weighted by Crippen LogP contribution is 2.37. The SMILES string of the molecule is Br.Cc1ccc(Sc2ccccc2N2CCCCC2)c(C)c1. The Kier molecular flexibility index (Phi) is 6.39. The van der Waals surface area contributed by atoms with Gasteiger partial charge in [0.2, 0.25) is 0 Å². The lowest BCUT2D eigenvalue weighted by molar-refractivity contribution is 0.575.